The van der Waals surface area contributed by atoms with Gasteiger partial charge in [0.25, 0.3) is 11.1 Å². The van der Waals surface area contributed by atoms with Crippen LogP contribution >= 0.6 is 23.1 Å². The first kappa shape index (κ1) is 23.0. The Bertz CT molecular complexity index is 1170. The van der Waals surface area contributed by atoms with Crippen molar-refractivity contribution in [1.82, 2.24) is 14.5 Å². The number of carbonyl (C=O) groups excluding carboxylic acids is 1. The monoisotopic (exact) mass is 492 g/mol. The van der Waals surface area contributed by atoms with Gasteiger partial charge in [-0.2, -0.15) is 4.31 Å². The third-order valence-corrected chi connectivity index (χ3v) is 8.84. The number of thioether (sulfide) groups is 1. The van der Waals surface area contributed by atoms with Gasteiger partial charge in [0.15, 0.2) is 0 Å². The normalized spacial score (nSPS) is 15.4. The Kier molecular flexibility index (Phi) is 7.29. The van der Waals surface area contributed by atoms with E-state index < -0.39 is 10.0 Å². The number of nitrogens with one attached hydrogen (secondary N) is 1. The standard InChI is InChI=1S/C21H24N4O4S3/c1-15-8-9-16(13-18(15)32(27,28)25-10-4-2-3-5-11-25)22-19(26)14-31-21-24-23-20(29-21)17-7-6-12-30-17/h6-9,12-13H,2-5,10-11,14H2,1H3,(H,22,26). The molecule has 170 valence electrons. The fourth-order valence-corrected chi connectivity index (χ4v) is 6.44. The second kappa shape index (κ2) is 10.2. The Morgan fingerprint density at radius 3 is 2.69 bits per heavy atom. The van der Waals surface area contributed by atoms with E-state index in [0.717, 1.165) is 42.3 Å². The molecule has 0 atom stereocenters. The Labute approximate surface area is 195 Å². The maximum absolute atomic E-state index is 13.2. The fourth-order valence-electron chi connectivity index (χ4n) is 3.47. The Morgan fingerprint density at radius 2 is 1.97 bits per heavy atom. The van der Waals surface area contributed by atoms with E-state index in [0.29, 0.717) is 35.5 Å². The molecule has 11 heteroatoms. The number of aromatic nitrogens is 2. The molecule has 4 rings (SSSR count). The topological polar surface area (TPSA) is 105 Å². The maximum Gasteiger partial charge on any atom is 0.277 e. The molecule has 2 aromatic heterocycles. The van der Waals surface area contributed by atoms with Crippen molar-refractivity contribution in [2.24, 2.45) is 0 Å². The first-order valence-corrected chi connectivity index (χ1v) is 13.6. The molecule has 1 aliphatic rings. The molecule has 1 amide bonds. The van der Waals surface area contributed by atoms with Gasteiger partial charge in [-0.1, -0.05) is 36.7 Å². The van der Waals surface area contributed by atoms with Gasteiger partial charge in [0.05, 0.1) is 15.5 Å². The van der Waals surface area contributed by atoms with E-state index in [9.17, 15) is 13.2 Å². The molecule has 0 aliphatic carbocycles. The van der Waals surface area contributed by atoms with E-state index in [4.69, 9.17) is 4.42 Å². The predicted octanol–water partition coefficient (Wildman–Crippen LogP) is 4.40. The summed E-state index contributed by atoms with van der Waals surface area (Å²) >= 11 is 2.62. The van der Waals surface area contributed by atoms with Crippen molar-refractivity contribution in [3.05, 3.63) is 41.3 Å². The van der Waals surface area contributed by atoms with Crippen LogP contribution in [0.1, 0.15) is 31.2 Å². The molecule has 32 heavy (non-hydrogen) atoms. The van der Waals surface area contributed by atoms with Crippen LogP contribution in [-0.4, -0.2) is 47.7 Å². The summed E-state index contributed by atoms with van der Waals surface area (Å²) in [6, 6.07) is 8.75. The summed E-state index contributed by atoms with van der Waals surface area (Å²) < 4.78 is 33.5. The highest BCUT2D eigenvalue weighted by Gasteiger charge is 2.27. The number of rotatable bonds is 7. The van der Waals surface area contributed by atoms with E-state index in [1.807, 2.05) is 17.5 Å². The van der Waals surface area contributed by atoms with Crippen LogP contribution in [0.25, 0.3) is 10.8 Å². The highest BCUT2D eigenvalue weighted by Crippen LogP contribution is 2.28. The van der Waals surface area contributed by atoms with Gasteiger partial charge >= 0.3 is 0 Å². The largest absolute Gasteiger partial charge is 0.410 e. The number of hydrogen-bond acceptors (Lipinski definition) is 8. The average molecular weight is 493 g/mol. The molecule has 0 saturated carbocycles. The number of amides is 1. The van der Waals surface area contributed by atoms with E-state index in [2.05, 4.69) is 15.5 Å². The smallest absolute Gasteiger partial charge is 0.277 e. The van der Waals surface area contributed by atoms with Crippen molar-refractivity contribution < 1.29 is 17.6 Å². The van der Waals surface area contributed by atoms with Crippen LogP contribution < -0.4 is 5.32 Å². The van der Waals surface area contributed by atoms with Crippen LogP contribution in [0.4, 0.5) is 5.69 Å². The van der Waals surface area contributed by atoms with E-state index in [1.54, 1.807) is 29.4 Å². The molecule has 1 aromatic carbocycles. The van der Waals surface area contributed by atoms with Crippen LogP contribution in [0, 0.1) is 6.92 Å². The molecule has 0 spiro atoms. The summed E-state index contributed by atoms with van der Waals surface area (Å²) in [6.07, 6.45) is 3.84. The lowest BCUT2D eigenvalue weighted by Crippen LogP contribution is -2.32. The van der Waals surface area contributed by atoms with Crippen molar-refractivity contribution >= 4 is 44.7 Å². The predicted molar refractivity (Wildman–Crippen MR) is 125 cm³/mol. The minimum atomic E-state index is -3.60. The molecular weight excluding hydrogens is 468 g/mol. The SMILES string of the molecule is Cc1ccc(NC(=O)CSc2nnc(-c3cccs3)o2)cc1S(=O)(=O)N1CCCCCC1. The van der Waals surface area contributed by atoms with Gasteiger partial charge in [0, 0.05) is 18.8 Å². The van der Waals surface area contributed by atoms with Gasteiger partial charge in [-0.25, -0.2) is 8.42 Å². The first-order chi connectivity index (χ1) is 15.4. The van der Waals surface area contributed by atoms with Gasteiger partial charge in [0.2, 0.25) is 15.9 Å². The number of hydrogen-bond donors (Lipinski definition) is 1. The summed E-state index contributed by atoms with van der Waals surface area (Å²) in [5.74, 6) is 0.200. The van der Waals surface area contributed by atoms with Crippen LogP contribution in [0.2, 0.25) is 0 Å². The van der Waals surface area contributed by atoms with E-state index >= 15 is 0 Å². The fraction of sp³-hybridized carbons (Fsp3) is 0.381. The minimum absolute atomic E-state index is 0.0636. The molecule has 3 aromatic rings. The molecule has 0 bridgehead atoms. The summed E-state index contributed by atoms with van der Waals surface area (Å²) in [4.78, 5) is 13.5. The number of thiophene rings is 1. The van der Waals surface area contributed by atoms with E-state index in [-0.39, 0.29) is 16.6 Å². The number of benzene rings is 1. The number of carbonyl (C=O) groups is 1. The lowest BCUT2D eigenvalue weighted by molar-refractivity contribution is -0.113. The van der Waals surface area contributed by atoms with Gasteiger partial charge in [-0.15, -0.1) is 21.5 Å². The van der Waals surface area contributed by atoms with Gasteiger partial charge in [-0.05, 0) is 48.9 Å². The molecule has 1 N–H and O–H groups in total. The summed E-state index contributed by atoms with van der Waals surface area (Å²) in [5.41, 5.74) is 1.10. The van der Waals surface area contributed by atoms with Crippen LogP contribution in [0.3, 0.4) is 0 Å². The Hall–Kier alpha value is -2.21. The lowest BCUT2D eigenvalue weighted by atomic mass is 10.2. The molecule has 1 saturated heterocycles. The van der Waals surface area contributed by atoms with Crippen molar-refractivity contribution in [1.29, 1.82) is 0 Å². The summed E-state index contributed by atoms with van der Waals surface area (Å²) in [5, 5.41) is 12.9. The molecule has 3 heterocycles. The highest BCUT2D eigenvalue weighted by molar-refractivity contribution is 7.99. The zero-order chi connectivity index (χ0) is 22.6. The third-order valence-electron chi connectivity index (χ3n) is 5.12. The Balaban J connectivity index is 1.40. The van der Waals surface area contributed by atoms with Crippen LogP contribution in [0.15, 0.2) is 50.2 Å². The molecule has 1 aliphatic heterocycles. The minimum Gasteiger partial charge on any atom is -0.410 e. The summed E-state index contributed by atoms with van der Waals surface area (Å²) in [7, 11) is -3.60. The van der Waals surface area contributed by atoms with Crippen molar-refractivity contribution in [2.75, 3.05) is 24.2 Å². The molecule has 0 radical (unpaired) electrons. The van der Waals surface area contributed by atoms with Crippen LogP contribution in [0.5, 0.6) is 0 Å². The van der Waals surface area contributed by atoms with E-state index in [1.165, 1.54) is 11.3 Å². The van der Waals surface area contributed by atoms with Crippen molar-refractivity contribution in [2.45, 2.75) is 42.7 Å². The van der Waals surface area contributed by atoms with Crippen molar-refractivity contribution in [3.63, 3.8) is 0 Å². The van der Waals surface area contributed by atoms with Gasteiger partial charge in [0.1, 0.15) is 0 Å². The van der Waals surface area contributed by atoms with Gasteiger partial charge in [-0.3, -0.25) is 4.79 Å². The van der Waals surface area contributed by atoms with Gasteiger partial charge < -0.3 is 9.73 Å². The second-order valence-corrected chi connectivity index (χ2v) is 11.3. The third kappa shape index (κ3) is 5.40. The number of anilines is 1. The highest BCUT2D eigenvalue weighted by atomic mass is 32.2. The lowest BCUT2D eigenvalue weighted by Gasteiger charge is -2.21. The summed E-state index contributed by atoms with van der Waals surface area (Å²) in [6.45, 7) is 2.84. The molecule has 8 nitrogen and oxygen atoms in total. The average Bonchev–Trinajstić information content (AvgIpc) is 3.39. The second-order valence-electron chi connectivity index (χ2n) is 7.49. The zero-order valence-electron chi connectivity index (χ0n) is 17.6. The number of nitrogens with zero attached hydrogens (tertiary/aromatic N) is 3. The van der Waals surface area contributed by atoms with Crippen LogP contribution in [-0.2, 0) is 14.8 Å². The molecular formula is C21H24N4O4S3. The molecule has 1 fully saturated rings. The number of sulfonamides is 1. The van der Waals surface area contributed by atoms with Crippen molar-refractivity contribution in [3.8, 4) is 10.8 Å². The quantitative estimate of drug-likeness (QED) is 0.487. The first-order valence-electron chi connectivity index (χ1n) is 10.3. The maximum atomic E-state index is 13.2. The number of aryl methyl sites for hydroxylation is 1. The zero-order valence-corrected chi connectivity index (χ0v) is 20.1. The molecule has 0 unspecified atom stereocenters. The Morgan fingerprint density at radius 1 is 1.19 bits per heavy atom.